The van der Waals surface area contributed by atoms with Gasteiger partial charge in [-0.2, -0.15) is 0 Å². The van der Waals surface area contributed by atoms with Gasteiger partial charge >= 0.3 is 0 Å². The molecule has 0 saturated heterocycles. The Hall–Kier alpha value is -0.480. The van der Waals surface area contributed by atoms with Gasteiger partial charge in [0, 0.05) is 12.5 Å². The third-order valence-electron chi connectivity index (χ3n) is 6.22. The highest BCUT2D eigenvalue weighted by Crippen LogP contribution is 2.66. The summed E-state index contributed by atoms with van der Waals surface area (Å²) in [6.45, 7) is 4.53. The number of hydrogen-bond acceptors (Lipinski definition) is 1. The Morgan fingerprint density at radius 1 is 1.21 bits per heavy atom. The summed E-state index contributed by atoms with van der Waals surface area (Å²) in [5.74, 6) is 8.37. The molecule has 4 rings (SSSR count). The van der Waals surface area contributed by atoms with Crippen molar-refractivity contribution in [2.75, 3.05) is 7.05 Å². The van der Waals surface area contributed by atoms with Gasteiger partial charge in [0.15, 0.2) is 0 Å². The summed E-state index contributed by atoms with van der Waals surface area (Å²) in [6.07, 6.45) is 11.3. The van der Waals surface area contributed by atoms with E-state index in [-0.39, 0.29) is 0 Å². The minimum Gasteiger partial charge on any atom is -0.316 e. The van der Waals surface area contributed by atoms with Crippen LogP contribution >= 0.6 is 0 Å². The summed E-state index contributed by atoms with van der Waals surface area (Å²) in [7, 11) is 2.17. The van der Waals surface area contributed by atoms with Gasteiger partial charge in [-0.05, 0) is 81.6 Å². The molecule has 1 nitrogen and oxygen atoms in total. The van der Waals surface area contributed by atoms with Crippen molar-refractivity contribution in [3.63, 3.8) is 0 Å². The van der Waals surface area contributed by atoms with Crippen molar-refractivity contribution in [2.24, 2.45) is 22.7 Å². The first-order valence-corrected chi connectivity index (χ1v) is 8.16. The highest BCUT2D eigenvalue weighted by atomic mass is 14.9. The van der Waals surface area contributed by atoms with E-state index in [9.17, 15) is 0 Å². The maximum absolute atomic E-state index is 3.67. The van der Waals surface area contributed by atoms with Crippen LogP contribution in [0.5, 0.6) is 0 Å². The molecule has 0 aliphatic heterocycles. The van der Waals surface area contributed by atoms with Gasteiger partial charge in [0.25, 0.3) is 0 Å². The average molecular weight is 259 g/mol. The van der Waals surface area contributed by atoms with E-state index >= 15 is 0 Å². The van der Waals surface area contributed by atoms with Gasteiger partial charge in [-0.1, -0.05) is 6.92 Å². The smallest absolute Gasteiger partial charge is 0.0130 e. The van der Waals surface area contributed by atoms with Gasteiger partial charge in [-0.3, -0.25) is 0 Å². The third kappa shape index (κ3) is 2.33. The molecule has 4 aliphatic rings. The Morgan fingerprint density at radius 2 is 1.89 bits per heavy atom. The van der Waals surface area contributed by atoms with Gasteiger partial charge in [-0.25, -0.2) is 0 Å². The van der Waals surface area contributed by atoms with Crippen molar-refractivity contribution in [2.45, 2.75) is 71.3 Å². The van der Waals surface area contributed by atoms with E-state index < -0.39 is 0 Å². The van der Waals surface area contributed by atoms with Crippen molar-refractivity contribution >= 4 is 0 Å². The van der Waals surface area contributed by atoms with Crippen LogP contribution in [-0.2, 0) is 0 Å². The highest BCUT2D eigenvalue weighted by molar-refractivity contribution is 5.10. The van der Waals surface area contributed by atoms with Gasteiger partial charge in [0.05, 0.1) is 0 Å². The Morgan fingerprint density at radius 3 is 2.42 bits per heavy atom. The molecule has 0 amide bonds. The summed E-state index contributed by atoms with van der Waals surface area (Å²) in [6, 6.07) is 0.693. The summed E-state index contributed by atoms with van der Waals surface area (Å²) in [5.41, 5.74) is 1.26. The van der Waals surface area contributed by atoms with Crippen LogP contribution in [0.2, 0.25) is 0 Å². The van der Waals surface area contributed by atoms with Crippen LogP contribution in [0, 0.1) is 34.5 Å². The first-order valence-electron chi connectivity index (χ1n) is 8.16. The molecular formula is C18H29N. The number of nitrogens with one attached hydrogen (secondary N) is 1. The van der Waals surface area contributed by atoms with Gasteiger partial charge < -0.3 is 5.32 Å². The molecule has 4 bridgehead atoms. The standard InChI is InChI=1S/C18H29N/c1-4-5-6-7-16(19-3)18-11-14-8-15(12-18)10-17(2,9-14)13-18/h14-16,19H,6-13H2,1-3H3. The van der Waals surface area contributed by atoms with E-state index in [0.717, 1.165) is 18.3 Å². The minimum absolute atomic E-state index is 0.600. The predicted octanol–water partition coefficient (Wildman–Crippen LogP) is 3.98. The summed E-state index contributed by atoms with van der Waals surface area (Å²) < 4.78 is 0. The summed E-state index contributed by atoms with van der Waals surface area (Å²) in [5, 5.41) is 3.67. The topological polar surface area (TPSA) is 12.0 Å². The zero-order valence-electron chi connectivity index (χ0n) is 12.9. The van der Waals surface area contributed by atoms with Crippen LogP contribution in [-0.4, -0.2) is 13.1 Å². The van der Waals surface area contributed by atoms with Crippen LogP contribution in [0.15, 0.2) is 0 Å². The van der Waals surface area contributed by atoms with Crippen molar-refractivity contribution in [3.8, 4) is 11.8 Å². The third-order valence-corrected chi connectivity index (χ3v) is 6.22. The second-order valence-corrected chi connectivity index (χ2v) is 7.94. The molecule has 0 spiro atoms. The number of rotatable bonds is 4. The second kappa shape index (κ2) is 4.81. The fourth-order valence-electron chi connectivity index (χ4n) is 6.30. The molecule has 4 aliphatic carbocycles. The van der Waals surface area contributed by atoms with Crippen LogP contribution in [0.25, 0.3) is 0 Å². The lowest BCUT2D eigenvalue weighted by atomic mass is 9.43. The molecule has 0 aromatic heterocycles. The first-order chi connectivity index (χ1) is 9.09. The Balaban J connectivity index is 1.79. The van der Waals surface area contributed by atoms with Crippen molar-refractivity contribution in [1.82, 2.24) is 5.32 Å². The largest absolute Gasteiger partial charge is 0.316 e. The van der Waals surface area contributed by atoms with Crippen LogP contribution in [0.4, 0.5) is 0 Å². The molecule has 3 unspecified atom stereocenters. The molecule has 3 atom stereocenters. The lowest BCUT2D eigenvalue weighted by molar-refractivity contribution is -0.118. The molecule has 4 saturated carbocycles. The van der Waals surface area contributed by atoms with Gasteiger partial charge in [0.2, 0.25) is 0 Å². The fraction of sp³-hybridized carbons (Fsp3) is 0.889. The van der Waals surface area contributed by atoms with Crippen molar-refractivity contribution in [1.29, 1.82) is 0 Å². The normalized spacial score (nSPS) is 44.8. The van der Waals surface area contributed by atoms with Gasteiger partial charge in [-0.15, -0.1) is 11.8 Å². The summed E-state index contributed by atoms with van der Waals surface area (Å²) in [4.78, 5) is 0. The summed E-state index contributed by atoms with van der Waals surface area (Å²) >= 11 is 0. The quantitative estimate of drug-likeness (QED) is 0.753. The van der Waals surface area contributed by atoms with E-state index in [1.807, 2.05) is 6.92 Å². The van der Waals surface area contributed by atoms with Gasteiger partial charge in [0.1, 0.15) is 0 Å². The molecule has 0 radical (unpaired) electrons. The Bertz CT molecular complexity index is 386. The number of hydrogen-bond donors (Lipinski definition) is 1. The van der Waals surface area contributed by atoms with Crippen LogP contribution in [0.1, 0.15) is 65.2 Å². The molecule has 1 N–H and O–H groups in total. The Kier molecular flexibility index (Phi) is 3.42. The highest BCUT2D eigenvalue weighted by Gasteiger charge is 2.57. The fourth-order valence-corrected chi connectivity index (χ4v) is 6.30. The van der Waals surface area contributed by atoms with Crippen LogP contribution < -0.4 is 5.32 Å². The minimum atomic E-state index is 0.600. The lowest BCUT2D eigenvalue weighted by Crippen LogP contribution is -2.58. The average Bonchev–Trinajstić information content (AvgIpc) is 2.31. The molecule has 19 heavy (non-hydrogen) atoms. The maximum Gasteiger partial charge on any atom is 0.0130 e. The first kappa shape index (κ1) is 13.5. The van der Waals surface area contributed by atoms with E-state index in [1.165, 1.54) is 44.9 Å². The Labute approximate surface area is 118 Å². The van der Waals surface area contributed by atoms with Crippen molar-refractivity contribution in [3.05, 3.63) is 0 Å². The molecular weight excluding hydrogens is 230 g/mol. The molecule has 0 heterocycles. The molecule has 0 aromatic carbocycles. The molecule has 0 aromatic rings. The van der Waals surface area contributed by atoms with E-state index in [4.69, 9.17) is 0 Å². The molecule has 4 fully saturated rings. The molecule has 1 heteroatoms. The lowest BCUT2D eigenvalue weighted by Gasteiger charge is -2.63. The molecule has 106 valence electrons. The van der Waals surface area contributed by atoms with Crippen LogP contribution in [0.3, 0.4) is 0 Å². The monoisotopic (exact) mass is 259 g/mol. The van der Waals surface area contributed by atoms with E-state index in [0.29, 0.717) is 16.9 Å². The zero-order chi connectivity index (χ0) is 13.5. The second-order valence-electron chi connectivity index (χ2n) is 7.94. The SMILES string of the molecule is CC#CCCC(NC)C12CC3CC(CC(C)(C3)C1)C2. The predicted molar refractivity (Wildman–Crippen MR) is 80.8 cm³/mol. The van der Waals surface area contributed by atoms with E-state index in [1.54, 1.807) is 0 Å². The maximum atomic E-state index is 3.67. The van der Waals surface area contributed by atoms with E-state index in [2.05, 4.69) is 31.1 Å². The zero-order valence-corrected chi connectivity index (χ0v) is 12.9. The van der Waals surface area contributed by atoms with Crippen molar-refractivity contribution < 1.29 is 0 Å².